The molecule has 0 spiro atoms. The molecule has 0 aromatic carbocycles. The van der Waals surface area contributed by atoms with Crippen LogP contribution in [0.15, 0.2) is 43.4 Å². The SMILES string of the molecule is OCCn1cc(CNc2cccnc2-n2cncn2)cn1. The molecule has 21 heavy (non-hydrogen) atoms. The van der Waals surface area contributed by atoms with Crippen LogP contribution in [-0.2, 0) is 13.1 Å². The van der Waals surface area contributed by atoms with E-state index in [1.54, 1.807) is 28.1 Å². The molecule has 0 atom stereocenters. The van der Waals surface area contributed by atoms with Crippen LogP contribution in [0.25, 0.3) is 5.82 Å². The zero-order valence-electron chi connectivity index (χ0n) is 11.3. The Hall–Kier alpha value is -2.74. The van der Waals surface area contributed by atoms with E-state index in [9.17, 15) is 0 Å². The van der Waals surface area contributed by atoms with Gasteiger partial charge in [0.15, 0.2) is 5.82 Å². The van der Waals surface area contributed by atoms with Gasteiger partial charge in [-0.3, -0.25) is 4.68 Å². The van der Waals surface area contributed by atoms with Gasteiger partial charge in [0, 0.05) is 24.5 Å². The van der Waals surface area contributed by atoms with Gasteiger partial charge in [0.05, 0.1) is 25.0 Å². The topological polar surface area (TPSA) is 93.7 Å². The zero-order chi connectivity index (χ0) is 14.5. The van der Waals surface area contributed by atoms with E-state index in [-0.39, 0.29) is 6.61 Å². The summed E-state index contributed by atoms with van der Waals surface area (Å²) in [6, 6.07) is 3.79. The highest BCUT2D eigenvalue weighted by Crippen LogP contribution is 2.16. The molecule has 0 fully saturated rings. The number of nitrogens with zero attached hydrogens (tertiary/aromatic N) is 6. The largest absolute Gasteiger partial charge is 0.394 e. The maximum atomic E-state index is 8.88. The van der Waals surface area contributed by atoms with E-state index in [1.807, 2.05) is 18.3 Å². The molecule has 3 aromatic heterocycles. The molecule has 0 saturated heterocycles. The minimum absolute atomic E-state index is 0.0770. The van der Waals surface area contributed by atoms with E-state index in [4.69, 9.17) is 5.11 Å². The first-order chi connectivity index (χ1) is 10.4. The number of rotatable bonds is 6. The summed E-state index contributed by atoms with van der Waals surface area (Å²) in [5.41, 5.74) is 1.88. The van der Waals surface area contributed by atoms with Gasteiger partial charge in [-0.1, -0.05) is 0 Å². The van der Waals surface area contributed by atoms with Gasteiger partial charge in [0.25, 0.3) is 0 Å². The van der Waals surface area contributed by atoms with Gasteiger partial charge in [-0.15, -0.1) is 0 Å². The van der Waals surface area contributed by atoms with Crippen LogP contribution >= 0.6 is 0 Å². The number of aliphatic hydroxyl groups excluding tert-OH is 1. The van der Waals surface area contributed by atoms with Crippen LogP contribution in [0.1, 0.15) is 5.56 Å². The Balaban J connectivity index is 1.73. The van der Waals surface area contributed by atoms with E-state index in [0.29, 0.717) is 18.9 Å². The first kappa shape index (κ1) is 13.3. The quantitative estimate of drug-likeness (QED) is 0.683. The summed E-state index contributed by atoms with van der Waals surface area (Å²) in [6.45, 7) is 1.18. The van der Waals surface area contributed by atoms with Crippen LogP contribution in [0.2, 0.25) is 0 Å². The molecule has 108 valence electrons. The summed E-state index contributed by atoms with van der Waals surface area (Å²) in [7, 11) is 0. The molecule has 8 heteroatoms. The highest BCUT2D eigenvalue weighted by atomic mass is 16.3. The minimum Gasteiger partial charge on any atom is -0.394 e. The molecule has 3 heterocycles. The van der Waals surface area contributed by atoms with Gasteiger partial charge in [-0.2, -0.15) is 10.2 Å². The second kappa shape index (κ2) is 6.14. The van der Waals surface area contributed by atoms with Gasteiger partial charge in [0.1, 0.15) is 12.7 Å². The Kier molecular flexibility index (Phi) is 3.88. The first-order valence-electron chi connectivity index (χ1n) is 6.53. The lowest BCUT2D eigenvalue weighted by Crippen LogP contribution is -2.06. The van der Waals surface area contributed by atoms with Crippen molar-refractivity contribution >= 4 is 5.69 Å². The van der Waals surface area contributed by atoms with Crippen molar-refractivity contribution in [2.75, 3.05) is 11.9 Å². The number of anilines is 1. The lowest BCUT2D eigenvalue weighted by molar-refractivity contribution is 0.269. The van der Waals surface area contributed by atoms with Crippen LogP contribution in [0.5, 0.6) is 0 Å². The van der Waals surface area contributed by atoms with Crippen molar-refractivity contribution in [1.29, 1.82) is 0 Å². The summed E-state index contributed by atoms with van der Waals surface area (Å²) >= 11 is 0. The standard InChI is InChI=1S/C13H15N7O/c21-5-4-19-8-11(7-17-19)6-16-12-2-1-3-15-13(12)20-10-14-9-18-20/h1-3,7-10,16,21H,4-6H2. The van der Waals surface area contributed by atoms with Gasteiger partial charge in [-0.25, -0.2) is 14.6 Å². The number of aliphatic hydroxyl groups is 1. The maximum Gasteiger partial charge on any atom is 0.178 e. The van der Waals surface area contributed by atoms with Crippen LogP contribution in [-0.4, -0.2) is 41.2 Å². The monoisotopic (exact) mass is 285 g/mol. The Bertz CT molecular complexity index is 692. The highest BCUT2D eigenvalue weighted by Gasteiger charge is 2.06. The fraction of sp³-hybridized carbons (Fsp3) is 0.231. The number of hydrogen-bond acceptors (Lipinski definition) is 6. The molecule has 2 N–H and O–H groups in total. The summed E-state index contributed by atoms with van der Waals surface area (Å²) in [5, 5.41) is 20.4. The predicted molar refractivity (Wildman–Crippen MR) is 75.8 cm³/mol. The molecule has 0 amide bonds. The lowest BCUT2D eigenvalue weighted by Gasteiger charge is -2.09. The zero-order valence-corrected chi connectivity index (χ0v) is 11.3. The minimum atomic E-state index is 0.0770. The molecule has 0 radical (unpaired) electrons. The van der Waals surface area contributed by atoms with E-state index in [1.165, 1.54) is 6.33 Å². The van der Waals surface area contributed by atoms with Gasteiger partial charge in [-0.05, 0) is 12.1 Å². The van der Waals surface area contributed by atoms with Crippen molar-refractivity contribution in [3.63, 3.8) is 0 Å². The fourth-order valence-corrected chi connectivity index (χ4v) is 1.95. The van der Waals surface area contributed by atoms with E-state index in [0.717, 1.165) is 11.3 Å². The number of pyridine rings is 1. The summed E-state index contributed by atoms with van der Waals surface area (Å²) in [6.07, 6.45) is 8.45. The molecular formula is C13H15N7O. The van der Waals surface area contributed by atoms with Gasteiger partial charge >= 0.3 is 0 Å². The lowest BCUT2D eigenvalue weighted by atomic mass is 10.3. The Morgan fingerprint density at radius 3 is 3.05 bits per heavy atom. The smallest absolute Gasteiger partial charge is 0.178 e. The van der Waals surface area contributed by atoms with Gasteiger partial charge in [0.2, 0.25) is 0 Å². The van der Waals surface area contributed by atoms with Crippen molar-refractivity contribution in [3.05, 3.63) is 48.9 Å². The molecular weight excluding hydrogens is 270 g/mol. The van der Waals surface area contributed by atoms with Crippen LogP contribution < -0.4 is 5.32 Å². The van der Waals surface area contributed by atoms with E-state index < -0.39 is 0 Å². The number of nitrogens with one attached hydrogen (secondary N) is 1. The fourth-order valence-electron chi connectivity index (χ4n) is 1.95. The summed E-state index contributed by atoms with van der Waals surface area (Å²) in [5.74, 6) is 0.692. The maximum absolute atomic E-state index is 8.88. The van der Waals surface area contributed by atoms with Gasteiger partial charge < -0.3 is 10.4 Å². The third kappa shape index (κ3) is 3.06. The molecule has 0 aliphatic rings. The summed E-state index contributed by atoms with van der Waals surface area (Å²) < 4.78 is 3.32. The second-order valence-electron chi connectivity index (χ2n) is 4.40. The second-order valence-corrected chi connectivity index (χ2v) is 4.40. The van der Waals surface area contributed by atoms with Crippen molar-refractivity contribution in [1.82, 2.24) is 29.5 Å². The molecule has 0 bridgehead atoms. The van der Waals surface area contributed by atoms with Crippen molar-refractivity contribution < 1.29 is 5.11 Å². The van der Waals surface area contributed by atoms with Crippen molar-refractivity contribution in [3.8, 4) is 5.82 Å². The molecule has 3 rings (SSSR count). The van der Waals surface area contributed by atoms with Crippen LogP contribution in [0, 0.1) is 0 Å². The highest BCUT2D eigenvalue weighted by molar-refractivity contribution is 5.56. The van der Waals surface area contributed by atoms with Crippen LogP contribution in [0.3, 0.4) is 0 Å². The summed E-state index contributed by atoms with van der Waals surface area (Å²) in [4.78, 5) is 8.24. The molecule has 0 aliphatic heterocycles. The Morgan fingerprint density at radius 1 is 1.29 bits per heavy atom. The van der Waals surface area contributed by atoms with Crippen molar-refractivity contribution in [2.24, 2.45) is 0 Å². The average molecular weight is 285 g/mol. The normalized spacial score (nSPS) is 10.7. The Morgan fingerprint density at radius 2 is 2.24 bits per heavy atom. The molecule has 0 unspecified atom stereocenters. The Labute approximate surface area is 121 Å². The van der Waals surface area contributed by atoms with E-state index >= 15 is 0 Å². The number of hydrogen-bond donors (Lipinski definition) is 2. The first-order valence-corrected chi connectivity index (χ1v) is 6.53. The van der Waals surface area contributed by atoms with Crippen LogP contribution in [0.4, 0.5) is 5.69 Å². The number of aromatic nitrogens is 6. The molecule has 0 aliphatic carbocycles. The van der Waals surface area contributed by atoms with E-state index in [2.05, 4.69) is 25.5 Å². The van der Waals surface area contributed by atoms with Crippen molar-refractivity contribution in [2.45, 2.75) is 13.1 Å². The molecule has 3 aromatic rings. The average Bonchev–Trinajstić information content (AvgIpc) is 3.17. The molecule has 0 saturated carbocycles. The predicted octanol–water partition coefficient (Wildman–Crippen LogP) is 0.463. The third-order valence-corrected chi connectivity index (χ3v) is 2.92. The molecule has 8 nitrogen and oxygen atoms in total. The third-order valence-electron chi connectivity index (χ3n) is 2.92.